The van der Waals surface area contributed by atoms with Gasteiger partial charge in [0, 0.05) is 12.8 Å². The molecule has 0 unspecified atom stereocenters. The number of amides is 2. The molecule has 2 amide bonds. The lowest BCUT2D eigenvalue weighted by molar-refractivity contribution is -0.131. The van der Waals surface area contributed by atoms with Crippen LogP contribution in [0.15, 0.2) is 0 Å². The van der Waals surface area contributed by atoms with Gasteiger partial charge in [-0.25, -0.2) is 5.48 Å². The summed E-state index contributed by atoms with van der Waals surface area (Å²) in [7, 11) is -3.85. The first-order valence-electron chi connectivity index (χ1n) is 5.03. The van der Waals surface area contributed by atoms with Crippen LogP contribution >= 0.6 is 0 Å². The molecule has 0 bridgehead atoms. The molecule has 10 heteroatoms. The number of unbranched alkanes of at least 4 members (excludes halogenated alkanes) is 1. The zero-order chi connectivity index (χ0) is 14.6. The Kier molecular flexibility index (Phi) is 11.5. The molecule has 0 radical (unpaired) electrons. The van der Waals surface area contributed by atoms with Crippen LogP contribution in [0.3, 0.4) is 0 Å². The first-order valence-corrected chi connectivity index (χ1v) is 6.61. The fourth-order valence-electron chi connectivity index (χ4n) is 0.645. The lowest BCUT2D eigenvalue weighted by atomic mass is 10.3. The molecule has 108 valence electrons. The van der Waals surface area contributed by atoms with E-state index in [-0.39, 0.29) is 18.6 Å². The molecule has 0 heterocycles. The van der Waals surface area contributed by atoms with Crippen LogP contribution < -0.4 is 11.2 Å². The minimum Gasteiger partial charge on any atom is -0.370 e. The summed E-state index contributed by atoms with van der Waals surface area (Å²) in [5.41, 5.74) is 6.07. The first kappa shape index (κ1) is 19.1. The van der Waals surface area contributed by atoms with Gasteiger partial charge in [-0.1, -0.05) is 17.7 Å². The highest BCUT2D eigenvalue weighted by molar-refractivity contribution is 7.86. The van der Waals surface area contributed by atoms with Gasteiger partial charge < -0.3 is 5.73 Å². The van der Waals surface area contributed by atoms with E-state index in [1.165, 1.54) is 5.48 Å². The lowest BCUT2D eigenvalue weighted by Gasteiger charge is -1.92. The molecule has 0 spiro atoms. The third-order valence-electron chi connectivity index (χ3n) is 1.57. The van der Waals surface area contributed by atoms with Crippen LogP contribution in [0.5, 0.6) is 0 Å². The van der Waals surface area contributed by atoms with Crippen molar-refractivity contribution in [3.63, 3.8) is 0 Å². The van der Waals surface area contributed by atoms with E-state index in [0.717, 1.165) is 0 Å². The van der Waals surface area contributed by atoms with Gasteiger partial charge in [-0.05, 0) is 10.9 Å². The van der Waals surface area contributed by atoms with Gasteiger partial charge in [-0.3, -0.25) is 14.8 Å². The Morgan fingerprint density at radius 1 is 1.39 bits per heavy atom. The largest absolute Gasteiger partial charge is 0.370 e. The number of primary amides is 1. The number of hydrogen-bond donors (Lipinski definition) is 3. The highest BCUT2D eigenvalue weighted by atomic mass is 32.2. The van der Waals surface area contributed by atoms with Gasteiger partial charge in [-0.2, -0.15) is 8.42 Å². The molecule has 0 aliphatic rings. The van der Waals surface area contributed by atoms with E-state index in [1.807, 2.05) is 6.92 Å². The number of nitrogens with two attached hydrogens (primary N) is 1. The van der Waals surface area contributed by atoms with Crippen molar-refractivity contribution >= 4 is 21.9 Å². The fraction of sp³-hybridized carbons (Fsp3) is 0.750. The Morgan fingerprint density at radius 3 is 2.28 bits per heavy atom. The summed E-state index contributed by atoms with van der Waals surface area (Å²) in [5.74, 6) is -1.40. The van der Waals surface area contributed by atoms with Gasteiger partial charge in [0.25, 0.3) is 10.1 Å². The molecule has 0 aromatic rings. The van der Waals surface area contributed by atoms with Crippen molar-refractivity contribution in [1.82, 2.24) is 5.48 Å². The Bertz CT molecular complexity index is 345. The summed E-state index contributed by atoms with van der Waals surface area (Å²) in [4.78, 5) is 20.1. The number of carbonyl (C=O) groups is 2. The lowest BCUT2D eigenvalue weighted by Crippen LogP contribution is -2.21. The Labute approximate surface area is 104 Å². The summed E-state index contributed by atoms with van der Waals surface area (Å²) in [5, 5.41) is 7.90. The Balaban J connectivity index is 0. The van der Waals surface area contributed by atoms with Gasteiger partial charge in [0.05, 0.1) is 5.75 Å². The maximum atomic E-state index is 11.0. The summed E-state index contributed by atoms with van der Waals surface area (Å²) in [6.07, 6.45) is 1.05. The van der Waals surface area contributed by atoms with Crippen molar-refractivity contribution in [2.75, 3.05) is 5.75 Å². The van der Waals surface area contributed by atoms with Crippen LogP contribution in [-0.2, 0) is 24.1 Å². The average molecular weight is 288 g/mol. The quantitative estimate of drug-likeness (QED) is 0.437. The van der Waals surface area contributed by atoms with E-state index in [4.69, 9.17) is 10.9 Å². The zero-order valence-corrected chi connectivity index (χ0v) is 10.7. The molecule has 0 aliphatic heterocycles. The number of carbonyl (C=O) groups excluding carboxylic acids is 2. The van der Waals surface area contributed by atoms with E-state index < -0.39 is 21.9 Å². The fourth-order valence-corrected chi connectivity index (χ4v) is 1.35. The predicted octanol–water partition coefficient (Wildman–Crippen LogP) is -0.225. The highest BCUT2D eigenvalue weighted by Crippen LogP contribution is 1.98. The van der Waals surface area contributed by atoms with Crippen LogP contribution in [0.4, 0.5) is 4.53 Å². The van der Waals surface area contributed by atoms with Crippen LogP contribution in [0.1, 0.15) is 32.6 Å². The second kappa shape index (κ2) is 10.9. The van der Waals surface area contributed by atoms with Crippen LogP contribution in [-0.4, -0.2) is 31.2 Å². The van der Waals surface area contributed by atoms with Crippen LogP contribution in [0, 0.1) is 0 Å². The van der Waals surface area contributed by atoms with Crippen molar-refractivity contribution in [3.05, 3.63) is 0 Å². The summed E-state index contributed by atoms with van der Waals surface area (Å²) < 4.78 is 34.0. The van der Waals surface area contributed by atoms with Gasteiger partial charge in [-0.15, -0.1) is 0 Å². The van der Waals surface area contributed by atoms with Crippen LogP contribution in [0.25, 0.3) is 0 Å². The smallest absolute Gasteiger partial charge is 0.297 e. The van der Waals surface area contributed by atoms with E-state index in [0.29, 0.717) is 12.8 Å². The molecular weight excluding hydrogens is 271 g/mol. The third kappa shape index (κ3) is 14.7. The first-order chi connectivity index (χ1) is 8.29. The van der Waals surface area contributed by atoms with E-state index in [1.54, 1.807) is 0 Å². The number of rotatable bonds is 7. The standard InChI is InChI=1S/C4H9FO3S.C4H8N2O3/c1-2-3-4-9(6,7)8-5;5-3(7)1-2-4(8)6-9/h2-4H2,1H3;9H,1-2H2,(H2,5,7)(H,6,8). The minimum absolute atomic E-state index is 0.0353. The molecule has 0 aliphatic carbocycles. The highest BCUT2D eigenvalue weighted by Gasteiger charge is 2.08. The Morgan fingerprint density at radius 2 is 1.94 bits per heavy atom. The normalized spacial score (nSPS) is 10.2. The van der Waals surface area contributed by atoms with Gasteiger partial charge in [0.2, 0.25) is 11.8 Å². The Hall–Kier alpha value is -1.26. The third-order valence-corrected chi connectivity index (χ3v) is 2.55. The summed E-state index contributed by atoms with van der Waals surface area (Å²) in [6, 6.07) is 0. The van der Waals surface area contributed by atoms with Crippen molar-refractivity contribution in [3.8, 4) is 0 Å². The molecule has 0 aromatic heterocycles. The maximum Gasteiger partial charge on any atom is 0.297 e. The molecule has 0 rings (SSSR count). The number of nitrogens with one attached hydrogen (secondary N) is 1. The summed E-state index contributed by atoms with van der Waals surface area (Å²) in [6.45, 7) is 1.81. The van der Waals surface area contributed by atoms with Crippen molar-refractivity contribution in [2.24, 2.45) is 5.73 Å². The molecule has 0 aromatic carbocycles. The molecule has 0 saturated carbocycles. The second-order valence-corrected chi connectivity index (χ2v) is 4.83. The zero-order valence-electron chi connectivity index (χ0n) is 9.89. The van der Waals surface area contributed by atoms with Crippen molar-refractivity contribution < 1.29 is 32.1 Å². The topological polar surface area (TPSA) is 136 Å². The maximum absolute atomic E-state index is 11.0. The van der Waals surface area contributed by atoms with Crippen molar-refractivity contribution in [2.45, 2.75) is 32.6 Å². The van der Waals surface area contributed by atoms with E-state index in [2.05, 4.69) is 4.39 Å². The number of hydroxylamine groups is 1. The van der Waals surface area contributed by atoms with E-state index >= 15 is 0 Å². The molecule has 0 atom stereocenters. The monoisotopic (exact) mass is 288 g/mol. The average Bonchev–Trinajstić information content (AvgIpc) is 2.34. The second-order valence-electron chi connectivity index (χ2n) is 3.18. The van der Waals surface area contributed by atoms with Gasteiger partial charge >= 0.3 is 0 Å². The van der Waals surface area contributed by atoms with E-state index in [9.17, 15) is 22.5 Å². The van der Waals surface area contributed by atoms with Gasteiger partial charge in [0.15, 0.2) is 0 Å². The molecular formula is C8H17FN2O6S. The minimum atomic E-state index is -3.85. The summed E-state index contributed by atoms with van der Waals surface area (Å²) >= 11 is 0. The number of halogens is 1. The van der Waals surface area contributed by atoms with Crippen LogP contribution in [0.2, 0.25) is 0 Å². The van der Waals surface area contributed by atoms with Crippen molar-refractivity contribution in [1.29, 1.82) is 0 Å². The molecule has 18 heavy (non-hydrogen) atoms. The SMILES string of the molecule is CCCCS(=O)(=O)OF.NC(=O)CCC(=O)NO. The predicted molar refractivity (Wildman–Crippen MR) is 59.2 cm³/mol. The molecule has 8 nitrogen and oxygen atoms in total. The number of hydrogen-bond acceptors (Lipinski definition) is 6. The molecule has 0 fully saturated rings. The molecule has 0 saturated heterocycles. The van der Waals surface area contributed by atoms with Gasteiger partial charge in [0.1, 0.15) is 0 Å². The molecule has 4 N–H and O–H groups in total.